The minimum absolute atomic E-state index is 0.831. The molecule has 0 spiro atoms. The van der Waals surface area contributed by atoms with Gasteiger partial charge in [-0.05, 0) is 6.92 Å². The molecular formula is C4H5Cl2F3O. The van der Waals surface area contributed by atoms with Gasteiger partial charge in [-0.3, -0.25) is 0 Å². The summed E-state index contributed by atoms with van der Waals surface area (Å²) in [7, 11) is 0. The second kappa shape index (κ2) is 3.64. The van der Waals surface area contributed by atoms with Crippen LogP contribution in [0.5, 0.6) is 0 Å². The van der Waals surface area contributed by atoms with E-state index in [9.17, 15) is 13.2 Å². The Hall–Kier alpha value is 0.330. The van der Waals surface area contributed by atoms with Gasteiger partial charge in [0.05, 0.1) is 0 Å². The van der Waals surface area contributed by atoms with Crippen molar-refractivity contribution in [3.05, 3.63) is 0 Å². The Morgan fingerprint density at radius 1 is 1.30 bits per heavy atom. The van der Waals surface area contributed by atoms with Crippen molar-refractivity contribution in [1.29, 1.82) is 0 Å². The van der Waals surface area contributed by atoms with Crippen LogP contribution in [0.3, 0.4) is 0 Å². The lowest BCUT2D eigenvalue weighted by molar-refractivity contribution is -0.212. The van der Waals surface area contributed by atoms with Crippen molar-refractivity contribution in [2.24, 2.45) is 0 Å². The van der Waals surface area contributed by atoms with Gasteiger partial charge < -0.3 is 4.74 Å². The van der Waals surface area contributed by atoms with Crippen LogP contribution in [0.4, 0.5) is 13.2 Å². The van der Waals surface area contributed by atoms with E-state index in [1.165, 1.54) is 0 Å². The molecule has 0 saturated heterocycles. The smallest absolute Gasteiger partial charge is 0.336 e. The van der Waals surface area contributed by atoms with Crippen LogP contribution in [0.25, 0.3) is 0 Å². The molecule has 0 amide bonds. The molecule has 0 saturated carbocycles. The van der Waals surface area contributed by atoms with Gasteiger partial charge in [0.2, 0.25) is 5.02 Å². The van der Waals surface area contributed by atoms with Crippen LogP contribution >= 0.6 is 23.2 Å². The topological polar surface area (TPSA) is 9.23 Å². The molecule has 6 heteroatoms. The third-order valence-corrected chi connectivity index (χ3v) is 0.974. The molecular weight excluding hydrogens is 192 g/mol. The highest BCUT2D eigenvalue weighted by Crippen LogP contribution is 2.24. The van der Waals surface area contributed by atoms with Gasteiger partial charge in [0, 0.05) is 0 Å². The molecule has 1 unspecified atom stereocenters. The van der Waals surface area contributed by atoms with Crippen LogP contribution in [0.15, 0.2) is 0 Å². The number of hydrogen-bond donors (Lipinski definition) is 0. The second-order valence-corrected chi connectivity index (χ2v) is 2.60. The third-order valence-electron chi connectivity index (χ3n) is 0.768. The van der Waals surface area contributed by atoms with Gasteiger partial charge in [0.15, 0.2) is 6.10 Å². The Bertz CT molecular complexity index is 103. The maximum atomic E-state index is 11.6. The highest BCUT2D eigenvalue weighted by Gasteiger charge is 2.37. The minimum atomic E-state index is -4.40. The lowest BCUT2D eigenvalue weighted by Crippen LogP contribution is -2.29. The summed E-state index contributed by atoms with van der Waals surface area (Å²) in [5, 5.41) is -1.43. The summed E-state index contributed by atoms with van der Waals surface area (Å²) in [5.74, 6) is 0. The summed E-state index contributed by atoms with van der Waals surface area (Å²) in [6.07, 6.45) is -6.32. The SMILES string of the molecule is CC(OC(Cl)Cl)C(F)(F)F. The monoisotopic (exact) mass is 196 g/mol. The first kappa shape index (κ1) is 10.3. The van der Waals surface area contributed by atoms with E-state index in [0.29, 0.717) is 0 Å². The predicted octanol–water partition coefficient (Wildman–Crippen LogP) is 2.72. The third kappa shape index (κ3) is 4.19. The zero-order valence-corrected chi connectivity index (χ0v) is 6.46. The predicted molar refractivity (Wildman–Crippen MR) is 32.1 cm³/mol. The highest BCUT2D eigenvalue weighted by molar-refractivity contribution is 6.43. The standard InChI is InChI=1S/C4H5Cl2F3O/c1-2(4(7,8)9)10-3(5)6/h2-3H,1H3. The molecule has 62 valence electrons. The molecule has 0 aromatic carbocycles. The Kier molecular flexibility index (Phi) is 3.76. The molecule has 1 nitrogen and oxygen atoms in total. The Balaban J connectivity index is 3.73. The van der Waals surface area contributed by atoms with Crippen molar-refractivity contribution in [2.45, 2.75) is 24.2 Å². The maximum absolute atomic E-state index is 11.6. The fourth-order valence-electron chi connectivity index (χ4n) is 0.231. The molecule has 0 aliphatic carbocycles. The Morgan fingerprint density at radius 2 is 1.70 bits per heavy atom. The lowest BCUT2D eigenvalue weighted by atomic mass is 10.4. The maximum Gasteiger partial charge on any atom is 0.414 e. The van der Waals surface area contributed by atoms with E-state index >= 15 is 0 Å². The van der Waals surface area contributed by atoms with Crippen molar-refractivity contribution in [3.63, 3.8) is 0 Å². The van der Waals surface area contributed by atoms with Crippen LogP contribution in [0, 0.1) is 0 Å². The summed E-state index contributed by atoms with van der Waals surface area (Å²) in [4.78, 5) is 0. The molecule has 0 aliphatic rings. The molecule has 0 fully saturated rings. The molecule has 1 atom stereocenters. The summed E-state index contributed by atoms with van der Waals surface area (Å²) in [5.41, 5.74) is 0. The number of halogens is 5. The van der Waals surface area contributed by atoms with Crippen molar-refractivity contribution < 1.29 is 17.9 Å². The fraction of sp³-hybridized carbons (Fsp3) is 1.00. The minimum Gasteiger partial charge on any atom is -0.336 e. The Labute approximate surface area is 66.1 Å². The quantitative estimate of drug-likeness (QED) is 0.618. The van der Waals surface area contributed by atoms with Crippen LogP contribution in [0.2, 0.25) is 0 Å². The molecule has 0 aromatic rings. The van der Waals surface area contributed by atoms with Crippen LogP contribution < -0.4 is 0 Å². The average molecular weight is 197 g/mol. The van der Waals surface area contributed by atoms with Gasteiger partial charge in [0.1, 0.15) is 0 Å². The first-order valence-electron chi connectivity index (χ1n) is 2.34. The highest BCUT2D eigenvalue weighted by atomic mass is 35.5. The molecule has 0 heterocycles. The summed E-state index contributed by atoms with van der Waals surface area (Å²) in [6.45, 7) is 0.831. The van der Waals surface area contributed by atoms with E-state index in [0.717, 1.165) is 6.92 Å². The van der Waals surface area contributed by atoms with Crippen LogP contribution in [0.1, 0.15) is 6.92 Å². The normalized spacial score (nSPS) is 15.9. The first-order chi connectivity index (χ1) is 4.34. The number of ether oxygens (including phenoxy) is 1. The fourth-order valence-corrected chi connectivity index (χ4v) is 0.540. The van der Waals surface area contributed by atoms with E-state index in [1.807, 2.05) is 0 Å². The zero-order chi connectivity index (χ0) is 8.36. The molecule has 0 aromatic heterocycles. The largest absolute Gasteiger partial charge is 0.414 e. The molecule has 0 rings (SSSR count). The molecule has 0 N–H and O–H groups in total. The summed E-state index contributed by atoms with van der Waals surface area (Å²) in [6, 6.07) is 0. The molecule has 0 radical (unpaired) electrons. The second-order valence-electron chi connectivity index (χ2n) is 1.58. The summed E-state index contributed by atoms with van der Waals surface area (Å²) < 4.78 is 38.7. The van der Waals surface area contributed by atoms with Crippen molar-refractivity contribution in [1.82, 2.24) is 0 Å². The van der Waals surface area contributed by atoms with Crippen LogP contribution in [-0.4, -0.2) is 17.3 Å². The van der Waals surface area contributed by atoms with Gasteiger partial charge in [-0.25, -0.2) is 0 Å². The van der Waals surface area contributed by atoms with E-state index in [2.05, 4.69) is 4.74 Å². The van der Waals surface area contributed by atoms with Gasteiger partial charge in [-0.1, -0.05) is 23.2 Å². The average Bonchev–Trinajstić information content (AvgIpc) is 1.60. The number of rotatable bonds is 2. The zero-order valence-electron chi connectivity index (χ0n) is 4.95. The summed E-state index contributed by atoms with van der Waals surface area (Å²) >= 11 is 9.84. The van der Waals surface area contributed by atoms with E-state index < -0.39 is 17.3 Å². The number of hydrogen-bond acceptors (Lipinski definition) is 1. The Morgan fingerprint density at radius 3 is 1.80 bits per heavy atom. The van der Waals surface area contributed by atoms with Crippen molar-refractivity contribution >= 4 is 23.2 Å². The van der Waals surface area contributed by atoms with E-state index in [4.69, 9.17) is 23.2 Å². The molecule has 0 aliphatic heterocycles. The van der Waals surface area contributed by atoms with Crippen LogP contribution in [-0.2, 0) is 4.74 Å². The molecule has 0 bridgehead atoms. The van der Waals surface area contributed by atoms with E-state index in [1.54, 1.807) is 0 Å². The van der Waals surface area contributed by atoms with Gasteiger partial charge in [-0.2, -0.15) is 13.2 Å². The van der Waals surface area contributed by atoms with E-state index in [-0.39, 0.29) is 0 Å². The van der Waals surface area contributed by atoms with Crippen molar-refractivity contribution in [3.8, 4) is 0 Å². The van der Waals surface area contributed by atoms with Gasteiger partial charge in [-0.15, -0.1) is 0 Å². The first-order valence-corrected chi connectivity index (χ1v) is 3.21. The van der Waals surface area contributed by atoms with Gasteiger partial charge >= 0.3 is 6.18 Å². The lowest BCUT2D eigenvalue weighted by Gasteiger charge is -2.16. The number of alkyl halides is 5. The van der Waals surface area contributed by atoms with Gasteiger partial charge in [0.25, 0.3) is 0 Å². The van der Waals surface area contributed by atoms with Crippen molar-refractivity contribution in [2.75, 3.05) is 0 Å². The molecule has 10 heavy (non-hydrogen) atoms.